The van der Waals surface area contributed by atoms with Crippen molar-refractivity contribution in [2.75, 3.05) is 28.4 Å². The van der Waals surface area contributed by atoms with Crippen LogP contribution in [-0.2, 0) is 0 Å². The maximum Gasteiger partial charge on any atom is 0.161 e. The fraction of sp³-hybridized carbons (Fsp3) is 0.222. The third kappa shape index (κ3) is 3.34. The summed E-state index contributed by atoms with van der Waals surface area (Å²) in [5.41, 5.74) is 1.88. The highest BCUT2D eigenvalue weighted by atomic mass is 16.5. The van der Waals surface area contributed by atoms with Crippen molar-refractivity contribution in [1.29, 1.82) is 0 Å². The monoisotopic (exact) mass is 300 g/mol. The molecular weight excluding hydrogens is 280 g/mol. The highest BCUT2D eigenvalue weighted by Gasteiger charge is 2.07. The molecule has 0 aromatic heterocycles. The molecule has 0 saturated carbocycles. The summed E-state index contributed by atoms with van der Waals surface area (Å²) >= 11 is 0. The van der Waals surface area contributed by atoms with E-state index >= 15 is 0 Å². The van der Waals surface area contributed by atoms with Gasteiger partial charge in [0.2, 0.25) is 0 Å². The van der Waals surface area contributed by atoms with Gasteiger partial charge in [0.25, 0.3) is 0 Å². The molecule has 0 spiro atoms. The van der Waals surface area contributed by atoms with Crippen molar-refractivity contribution in [2.45, 2.75) is 0 Å². The Morgan fingerprint density at radius 2 is 1.23 bits per heavy atom. The van der Waals surface area contributed by atoms with Crippen LogP contribution in [0.1, 0.15) is 11.1 Å². The van der Waals surface area contributed by atoms with Crippen LogP contribution < -0.4 is 18.9 Å². The van der Waals surface area contributed by atoms with Crippen LogP contribution in [0.15, 0.2) is 36.4 Å². The summed E-state index contributed by atoms with van der Waals surface area (Å²) in [7, 11) is 6.52. The Hall–Kier alpha value is -2.62. The summed E-state index contributed by atoms with van der Waals surface area (Å²) in [6, 6.07) is 11.4. The Kier molecular flexibility index (Phi) is 5.31. The van der Waals surface area contributed by atoms with Crippen LogP contribution in [0.25, 0.3) is 12.2 Å². The van der Waals surface area contributed by atoms with Gasteiger partial charge >= 0.3 is 0 Å². The summed E-state index contributed by atoms with van der Waals surface area (Å²) in [6.07, 6.45) is 3.93. The molecule has 0 heterocycles. The molecule has 22 heavy (non-hydrogen) atoms. The third-order valence-electron chi connectivity index (χ3n) is 3.32. The van der Waals surface area contributed by atoms with Crippen LogP contribution >= 0.6 is 0 Å². The van der Waals surface area contributed by atoms with Gasteiger partial charge in [0, 0.05) is 0 Å². The van der Waals surface area contributed by atoms with Crippen molar-refractivity contribution in [1.82, 2.24) is 0 Å². The van der Waals surface area contributed by atoms with E-state index < -0.39 is 0 Å². The SMILES string of the molecule is COc1ccc(/C=C/c2c(OC)cccc2OC)cc1OC. The summed E-state index contributed by atoms with van der Waals surface area (Å²) in [4.78, 5) is 0. The van der Waals surface area contributed by atoms with E-state index in [9.17, 15) is 0 Å². The van der Waals surface area contributed by atoms with E-state index in [2.05, 4.69) is 0 Å². The molecule has 2 aromatic rings. The summed E-state index contributed by atoms with van der Waals surface area (Å²) in [5.74, 6) is 2.92. The van der Waals surface area contributed by atoms with Crippen LogP contribution in [0.2, 0.25) is 0 Å². The average molecular weight is 300 g/mol. The molecule has 2 rings (SSSR count). The number of hydrogen-bond donors (Lipinski definition) is 0. The molecular formula is C18H20O4. The molecule has 116 valence electrons. The summed E-state index contributed by atoms with van der Waals surface area (Å²) in [6.45, 7) is 0. The van der Waals surface area contributed by atoms with Gasteiger partial charge in [-0.1, -0.05) is 18.2 Å². The van der Waals surface area contributed by atoms with Crippen LogP contribution in [0.3, 0.4) is 0 Å². The fourth-order valence-corrected chi connectivity index (χ4v) is 2.18. The Balaban J connectivity index is 2.36. The maximum atomic E-state index is 5.38. The van der Waals surface area contributed by atoms with Gasteiger partial charge in [0.1, 0.15) is 11.5 Å². The maximum absolute atomic E-state index is 5.38. The van der Waals surface area contributed by atoms with Gasteiger partial charge in [-0.05, 0) is 35.9 Å². The number of methoxy groups -OCH3 is 4. The van der Waals surface area contributed by atoms with Crippen molar-refractivity contribution in [3.63, 3.8) is 0 Å². The van der Waals surface area contributed by atoms with E-state index in [-0.39, 0.29) is 0 Å². The number of ether oxygens (including phenoxy) is 4. The molecule has 0 saturated heterocycles. The molecule has 0 bridgehead atoms. The second-order valence-corrected chi connectivity index (χ2v) is 4.52. The second-order valence-electron chi connectivity index (χ2n) is 4.52. The van der Waals surface area contributed by atoms with Crippen molar-refractivity contribution in [2.24, 2.45) is 0 Å². The highest BCUT2D eigenvalue weighted by Crippen LogP contribution is 2.32. The molecule has 0 aliphatic heterocycles. The molecule has 4 nitrogen and oxygen atoms in total. The quantitative estimate of drug-likeness (QED) is 0.758. The Labute approximate surface area is 130 Å². The van der Waals surface area contributed by atoms with Crippen LogP contribution in [0, 0.1) is 0 Å². The molecule has 0 amide bonds. The molecule has 0 N–H and O–H groups in total. The summed E-state index contributed by atoms with van der Waals surface area (Å²) < 4.78 is 21.3. The van der Waals surface area contributed by atoms with Crippen LogP contribution in [0.5, 0.6) is 23.0 Å². The summed E-state index contributed by atoms with van der Waals surface area (Å²) in [5, 5.41) is 0. The number of rotatable bonds is 6. The van der Waals surface area contributed by atoms with Crippen LogP contribution in [0.4, 0.5) is 0 Å². The average Bonchev–Trinajstić information content (AvgIpc) is 2.59. The predicted molar refractivity (Wildman–Crippen MR) is 88.0 cm³/mol. The smallest absolute Gasteiger partial charge is 0.161 e. The first-order chi connectivity index (χ1) is 10.7. The molecule has 0 unspecified atom stereocenters. The van der Waals surface area contributed by atoms with Gasteiger partial charge < -0.3 is 18.9 Å². The van der Waals surface area contributed by atoms with Gasteiger partial charge in [-0.3, -0.25) is 0 Å². The number of benzene rings is 2. The first-order valence-electron chi connectivity index (χ1n) is 6.84. The molecule has 0 aliphatic rings. The van der Waals surface area contributed by atoms with E-state index in [0.29, 0.717) is 11.5 Å². The minimum Gasteiger partial charge on any atom is -0.496 e. The minimum absolute atomic E-state index is 0.691. The molecule has 0 radical (unpaired) electrons. The van der Waals surface area contributed by atoms with Gasteiger partial charge in [0.15, 0.2) is 11.5 Å². The normalized spacial score (nSPS) is 10.5. The zero-order chi connectivity index (χ0) is 15.9. The standard InChI is InChI=1S/C18H20O4/c1-19-15-6-5-7-16(20-2)14(15)10-8-13-9-11-17(21-3)18(12-13)22-4/h5-12H,1-4H3/b10-8+. The zero-order valence-corrected chi connectivity index (χ0v) is 13.3. The van der Waals surface area contributed by atoms with Crippen molar-refractivity contribution in [3.8, 4) is 23.0 Å². The van der Waals surface area contributed by atoms with Gasteiger partial charge in [0.05, 0.1) is 34.0 Å². The topological polar surface area (TPSA) is 36.9 Å². The van der Waals surface area contributed by atoms with Crippen molar-refractivity contribution < 1.29 is 18.9 Å². The lowest BCUT2D eigenvalue weighted by Crippen LogP contribution is -1.92. The van der Waals surface area contributed by atoms with E-state index in [0.717, 1.165) is 22.6 Å². The minimum atomic E-state index is 0.691. The number of hydrogen-bond acceptors (Lipinski definition) is 4. The lowest BCUT2D eigenvalue weighted by Gasteiger charge is -2.10. The second kappa shape index (κ2) is 7.41. The van der Waals surface area contributed by atoms with E-state index in [4.69, 9.17) is 18.9 Å². The predicted octanol–water partition coefficient (Wildman–Crippen LogP) is 3.89. The van der Waals surface area contributed by atoms with Crippen LogP contribution in [-0.4, -0.2) is 28.4 Å². The first kappa shape index (κ1) is 15.8. The molecule has 2 aromatic carbocycles. The van der Waals surface area contributed by atoms with Crippen molar-refractivity contribution >= 4 is 12.2 Å². The van der Waals surface area contributed by atoms with Gasteiger partial charge in [-0.15, -0.1) is 0 Å². The lowest BCUT2D eigenvalue weighted by molar-refractivity contribution is 0.355. The largest absolute Gasteiger partial charge is 0.496 e. The van der Waals surface area contributed by atoms with E-state index in [1.165, 1.54) is 0 Å². The molecule has 0 aliphatic carbocycles. The Bertz CT molecular complexity index is 640. The Morgan fingerprint density at radius 3 is 1.77 bits per heavy atom. The third-order valence-corrected chi connectivity index (χ3v) is 3.32. The van der Waals surface area contributed by atoms with Gasteiger partial charge in [-0.2, -0.15) is 0 Å². The fourth-order valence-electron chi connectivity index (χ4n) is 2.18. The van der Waals surface area contributed by atoms with E-state index in [1.54, 1.807) is 28.4 Å². The zero-order valence-electron chi connectivity index (χ0n) is 13.3. The Morgan fingerprint density at radius 1 is 0.636 bits per heavy atom. The van der Waals surface area contributed by atoms with Gasteiger partial charge in [-0.25, -0.2) is 0 Å². The van der Waals surface area contributed by atoms with E-state index in [1.807, 2.05) is 48.6 Å². The van der Waals surface area contributed by atoms with Crippen molar-refractivity contribution in [3.05, 3.63) is 47.5 Å². The molecule has 4 heteroatoms. The first-order valence-corrected chi connectivity index (χ1v) is 6.84. The molecule has 0 fully saturated rings. The highest BCUT2D eigenvalue weighted by molar-refractivity contribution is 5.76. The molecule has 0 atom stereocenters. The lowest BCUT2D eigenvalue weighted by atomic mass is 10.1.